The minimum Gasteiger partial charge on any atom is -0.461 e. The van der Waals surface area contributed by atoms with Crippen LogP contribution in [-0.2, 0) is 10.3 Å². The van der Waals surface area contributed by atoms with Gasteiger partial charge in [0.25, 0.3) is 0 Å². The molecule has 0 atom stereocenters. The number of carbonyl (C=O) groups excluding carboxylic acids is 2. The van der Waals surface area contributed by atoms with E-state index in [0.717, 1.165) is 0 Å². The third kappa shape index (κ3) is 3.21. The SMILES string of the molecule is CCOC(=O)c1nn(C(C)(C)C)cc1C(=O)c1cccs1. The summed E-state index contributed by atoms with van der Waals surface area (Å²) in [6, 6.07) is 3.53. The van der Waals surface area contributed by atoms with Crippen LogP contribution in [0.1, 0.15) is 53.4 Å². The van der Waals surface area contributed by atoms with Gasteiger partial charge in [0, 0.05) is 6.20 Å². The quantitative estimate of drug-likeness (QED) is 0.643. The molecule has 2 rings (SSSR count). The van der Waals surface area contributed by atoms with Crippen LogP contribution in [-0.4, -0.2) is 28.1 Å². The average molecular weight is 306 g/mol. The molecule has 0 aliphatic rings. The molecule has 0 spiro atoms. The summed E-state index contributed by atoms with van der Waals surface area (Å²) in [5, 5.41) is 6.08. The van der Waals surface area contributed by atoms with Gasteiger partial charge in [0.05, 0.1) is 22.6 Å². The van der Waals surface area contributed by atoms with E-state index in [9.17, 15) is 9.59 Å². The van der Waals surface area contributed by atoms with E-state index >= 15 is 0 Å². The van der Waals surface area contributed by atoms with Gasteiger partial charge in [-0.1, -0.05) is 6.07 Å². The van der Waals surface area contributed by atoms with Crippen LogP contribution in [0.3, 0.4) is 0 Å². The van der Waals surface area contributed by atoms with Crippen LogP contribution >= 0.6 is 11.3 Å². The second-order valence-corrected chi connectivity index (χ2v) is 6.48. The number of esters is 1. The largest absolute Gasteiger partial charge is 0.461 e. The highest BCUT2D eigenvalue weighted by atomic mass is 32.1. The summed E-state index contributed by atoms with van der Waals surface area (Å²) in [5.74, 6) is -0.774. The first-order chi connectivity index (χ1) is 9.84. The smallest absolute Gasteiger partial charge is 0.359 e. The van der Waals surface area contributed by atoms with E-state index in [2.05, 4.69) is 5.10 Å². The Bertz CT molecular complexity index is 651. The van der Waals surface area contributed by atoms with Crippen molar-refractivity contribution in [3.05, 3.63) is 39.8 Å². The molecule has 0 bridgehead atoms. The second-order valence-electron chi connectivity index (χ2n) is 5.53. The Kier molecular flexibility index (Phi) is 4.27. The summed E-state index contributed by atoms with van der Waals surface area (Å²) in [5.41, 5.74) is 0.0332. The molecule has 2 aromatic heterocycles. The maximum Gasteiger partial charge on any atom is 0.359 e. The molecule has 0 saturated carbocycles. The van der Waals surface area contributed by atoms with Gasteiger partial charge in [-0.3, -0.25) is 9.48 Å². The van der Waals surface area contributed by atoms with E-state index in [-0.39, 0.29) is 29.2 Å². The Balaban J connectivity index is 2.50. The summed E-state index contributed by atoms with van der Waals surface area (Å²) in [6.07, 6.45) is 1.62. The number of ether oxygens (including phenoxy) is 1. The highest BCUT2D eigenvalue weighted by Gasteiger charge is 2.27. The van der Waals surface area contributed by atoms with Gasteiger partial charge >= 0.3 is 5.97 Å². The Hall–Kier alpha value is -1.95. The van der Waals surface area contributed by atoms with E-state index in [0.29, 0.717) is 4.88 Å². The normalized spacial score (nSPS) is 11.4. The van der Waals surface area contributed by atoms with Crippen LogP contribution in [0.25, 0.3) is 0 Å². The molecule has 0 fully saturated rings. The lowest BCUT2D eigenvalue weighted by molar-refractivity contribution is 0.0515. The van der Waals surface area contributed by atoms with Crippen molar-refractivity contribution < 1.29 is 14.3 Å². The highest BCUT2D eigenvalue weighted by molar-refractivity contribution is 7.12. The minimum absolute atomic E-state index is 0.0742. The maximum absolute atomic E-state index is 12.5. The van der Waals surface area contributed by atoms with Crippen molar-refractivity contribution in [2.24, 2.45) is 0 Å². The lowest BCUT2D eigenvalue weighted by atomic mass is 10.1. The van der Waals surface area contributed by atoms with Gasteiger partial charge in [0.1, 0.15) is 0 Å². The standard InChI is InChI=1S/C15H18N2O3S/c1-5-20-14(19)12-10(9-17(16-12)15(2,3)4)13(18)11-7-6-8-21-11/h6-9H,5H2,1-4H3. The third-order valence-electron chi connectivity index (χ3n) is 2.86. The topological polar surface area (TPSA) is 61.2 Å². The maximum atomic E-state index is 12.5. The first-order valence-electron chi connectivity index (χ1n) is 6.70. The molecule has 0 aromatic carbocycles. The van der Waals surface area contributed by atoms with Crippen LogP contribution in [0.15, 0.2) is 23.7 Å². The highest BCUT2D eigenvalue weighted by Crippen LogP contribution is 2.22. The van der Waals surface area contributed by atoms with E-state index in [1.807, 2.05) is 26.2 Å². The molecule has 0 unspecified atom stereocenters. The van der Waals surface area contributed by atoms with Crippen LogP contribution in [0.2, 0.25) is 0 Å². The molecule has 0 N–H and O–H groups in total. The number of ketones is 1. The second kappa shape index (κ2) is 5.81. The molecule has 0 radical (unpaired) electrons. The molecule has 0 aliphatic carbocycles. The van der Waals surface area contributed by atoms with Gasteiger partial charge in [-0.05, 0) is 39.1 Å². The zero-order valence-electron chi connectivity index (χ0n) is 12.5. The summed E-state index contributed by atoms with van der Waals surface area (Å²) in [4.78, 5) is 25.1. The molecule has 2 heterocycles. The third-order valence-corrected chi connectivity index (χ3v) is 3.73. The molecular formula is C15H18N2O3S. The first-order valence-corrected chi connectivity index (χ1v) is 7.58. The zero-order valence-corrected chi connectivity index (χ0v) is 13.4. The molecule has 5 nitrogen and oxygen atoms in total. The summed E-state index contributed by atoms with van der Waals surface area (Å²) >= 11 is 1.34. The number of aromatic nitrogens is 2. The lowest BCUT2D eigenvalue weighted by Gasteiger charge is -2.18. The van der Waals surface area contributed by atoms with Crippen molar-refractivity contribution in [2.45, 2.75) is 33.2 Å². The number of hydrogen-bond donors (Lipinski definition) is 0. The number of thiophene rings is 1. The van der Waals surface area contributed by atoms with E-state index in [1.54, 1.807) is 29.9 Å². The average Bonchev–Trinajstić information content (AvgIpc) is 3.07. The van der Waals surface area contributed by atoms with Gasteiger partial charge in [0.2, 0.25) is 5.78 Å². The van der Waals surface area contributed by atoms with Crippen molar-refractivity contribution in [2.75, 3.05) is 6.61 Å². The Morgan fingerprint density at radius 3 is 2.62 bits per heavy atom. The number of nitrogens with zero attached hydrogens (tertiary/aromatic N) is 2. The Morgan fingerprint density at radius 1 is 1.38 bits per heavy atom. The van der Waals surface area contributed by atoms with Crippen LogP contribution in [0.5, 0.6) is 0 Å². The Morgan fingerprint density at radius 2 is 2.10 bits per heavy atom. The van der Waals surface area contributed by atoms with Crippen molar-refractivity contribution >= 4 is 23.1 Å². The lowest BCUT2D eigenvalue weighted by Crippen LogP contribution is -2.22. The van der Waals surface area contributed by atoms with Gasteiger partial charge in [-0.2, -0.15) is 5.10 Å². The zero-order chi connectivity index (χ0) is 15.6. The number of hydrogen-bond acceptors (Lipinski definition) is 5. The van der Waals surface area contributed by atoms with E-state index < -0.39 is 5.97 Å². The van der Waals surface area contributed by atoms with Gasteiger partial charge in [-0.15, -0.1) is 11.3 Å². The van der Waals surface area contributed by atoms with E-state index in [4.69, 9.17) is 4.74 Å². The fourth-order valence-electron chi connectivity index (χ4n) is 1.77. The molecule has 0 aliphatic heterocycles. The van der Waals surface area contributed by atoms with Gasteiger partial charge in [0.15, 0.2) is 5.69 Å². The monoisotopic (exact) mass is 306 g/mol. The summed E-state index contributed by atoms with van der Waals surface area (Å²) in [7, 11) is 0. The predicted octanol–water partition coefficient (Wildman–Crippen LogP) is 3.11. The van der Waals surface area contributed by atoms with E-state index in [1.165, 1.54) is 11.3 Å². The summed E-state index contributed by atoms with van der Waals surface area (Å²) < 4.78 is 6.62. The molecule has 0 amide bonds. The van der Waals surface area contributed by atoms with Crippen LogP contribution in [0.4, 0.5) is 0 Å². The molecular weight excluding hydrogens is 288 g/mol. The van der Waals surface area contributed by atoms with Crippen molar-refractivity contribution in [3.63, 3.8) is 0 Å². The van der Waals surface area contributed by atoms with Crippen molar-refractivity contribution in [3.8, 4) is 0 Å². The molecule has 112 valence electrons. The molecule has 0 saturated heterocycles. The molecule has 21 heavy (non-hydrogen) atoms. The minimum atomic E-state index is -0.569. The first kappa shape index (κ1) is 15.4. The van der Waals surface area contributed by atoms with Crippen LogP contribution in [0, 0.1) is 0 Å². The Labute approximate surface area is 127 Å². The number of rotatable bonds is 4. The van der Waals surface area contributed by atoms with Gasteiger partial charge in [-0.25, -0.2) is 4.79 Å². The molecule has 2 aromatic rings. The fraction of sp³-hybridized carbons (Fsp3) is 0.400. The number of carbonyl (C=O) groups is 2. The van der Waals surface area contributed by atoms with Crippen molar-refractivity contribution in [1.82, 2.24) is 9.78 Å². The van der Waals surface area contributed by atoms with Crippen LogP contribution < -0.4 is 0 Å². The summed E-state index contributed by atoms with van der Waals surface area (Å²) in [6.45, 7) is 7.82. The fourth-order valence-corrected chi connectivity index (χ4v) is 2.45. The molecule has 6 heteroatoms. The van der Waals surface area contributed by atoms with Gasteiger partial charge < -0.3 is 4.74 Å². The van der Waals surface area contributed by atoms with Crippen molar-refractivity contribution in [1.29, 1.82) is 0 Å². The predicted molar refractivity (Wildman–Crippen MR) is 80.9 cm³/mol.